The second-order valence-corrected chi connectivity index (χ2v) is 6.14. The van der Waals surface area contributed by atoms with E-state index in [-0.39, 0.29) is 0 Å². The Kier molecular flexibility index (Phi) is 8.17. The van der Waals surface area contributed by atoms with Gasteiger partial charge in [-0.15, -0.1) is 0 Å². The molecule has 0 radical (unpaired) electrons. The summed E-state index contributed by atoms with van der Waals surface area (Å²) in [6.07, 6.45) is 6.00. The monoisotopic (exact) mass is 367 g/mol. The average molecular weight is 368 g/mol. The summed E-state index contributed by atoms with van der Waals surface area (Å²) in [4.78, 5) is 11.0. The molecule has 0 saturated heterocycles. The first kappa shape index (κ1) is 18.7. The Morgan fingerprint density at radius 1 is 1.50 bits per heavy atom. The van der Waals surface area contributed by atoms with Crippen LogP contribution in [0.25, 0.3) is 0 Å². The Balaban J connectivity index is 2.67. The summed E-state index contributed by atoms with van der Waals surface area (Å²) >= 11 is 3.51. The van der Waals surface area contributed by atoms with Crippen LogP contribution in [0.3, 0.4) is 0 Å². The molecule has 0 spiro atoms. The average Bonchev–Trinajstić information content (AvgIpc) is 2.52. The predicted molar refractivity (Wildman–Crippen MR) is 97.3 cm³/mol. The van der Waals surface area contributed by atoms with Gasteiger partial charge in [0.2, 0.25) is 5.88 Å². The molecule has 0 saturated carbocycles. The zero-order chi connectivity index (χ0) is 16.5. The van der Waals surface area contributed by atoms with E-state index in [9.17, 15) is 0 Å². The number of aliphatic imine (C=N–C) groups is 1. The molecule has 0 aliphatic carbocycles. The van der Waals surface area contributed by atoms with Gasteiger partial charge >= 0.3 is 0 Å². The molecule has 0 unspecified atom stereocenters. The highest BCUT2D eigenvalue weighted by Gasteiger charge is 2.08. The summed E-state index contributed by atoms with van der Waals surface area (Å²) in [6, 6.07) is 1.95. The van der Waals surface area contributed by atoms with E-state index in [0.29, 0.717) is 12.5 Å². The van der Waals surface area contributed by atoms with Crippen LogP contribution < -0.4 is 4.74 Å². The SMILES string of the molecule is C/C=C(/C)CCCOc1nc(C)c(N=CN(C)CC)cc1Br. The van der Waals surface area contributed by atoms with E-state index < -0.39 is 0 Å². The Bertz CT molecular complexity index is 541. The van der Waals surface area contributed by atoms with E-state index in [4.69, 9.17) is 4.74 Å². The number of nitrogens with zero attached hydrogens (tertiary/aromatic N) is 3. The Labute approximate surface area is 142 Å². The second kappa shape index (κ2) is 9.62. The van der Waals surface area contributed by atoms with Gasteiger partial charge in [0.15, 0.2) is 0 Å². The van der Waals surface area contributed by atoms with Crippen molar-refractivity contribution < 1.29 is 4.74 Å². The first-order valence-corrected chi connectivity index (χ1v) is 8.43. The molecule has 0 N–H and O–H groups in total. The molecular weight excluding hydrogens is 342 g/mol. The summed E-state index contributed by atoms with van der Waals surface area (Å²) in [5.74, 6) is 0.637. The van der Waals surface area contributed by atoms with Crippen LogP contribution in [-0.4, -0.2) is 36.4 Å². The van der Waals surface area contributed by atoms with Crippen molar-refractivity contribution in [3.8, 4) is 5.88 Å². The van der Waals surface area contributed by atoms with Crippen LogP contribution in [0.15, 0.2) is 27.2 Å². The Hall–Kier alpha value is -1.36. The number of aromatic nitrogens is 1. The molecule has 22 heavy (non-hydrogen) atoms. The van der Waals surface area contributed by atoms with Crippen molar-refractivity contribution in [1.82, 2.24) is 9.88 Å². The quantitative estimate of drug-likeness (QED) is 0.284. The van der Waals surface area contributed by atoms with Crippen LogP contribution in [0.2, 0.25) is 0 Å². The number of allylic oxidation sites excluding steroid dienone is 2. The third-order valence-electron chi connectivity index (χ3n) is 3.45. The van der Waals surface area contributed by atoms with Gasteiger partial charge in [0.25, 0.3) is 0 Å². The minimum absolute atomic E-state index is 0.637. The highest BCUT2D eigenvalue weighted by atomic mass is 79.9. The predicted octanol–water partition coefficient (Wildman–Crippen LogP) is 4.89. The van der Waals surface area contributed by atoms with Crippen LogP contribution in [0.5, 0.6) is 5.88 Å². The lowest BCUT2D eigenvalue weighted by Crippen LogP contribution is -2.14. The molecule has 1 heterocycles. The summed E-state index contributed by atoms with van der Waals surface area (Å²) < 4.78 is 6.61. The summed E-state index contributed by atoms with van der Waals surface area (Å²) in [6.45, 7) is 9.81. The third-order valence-corrected chi connectivity index (χ3v) is 4.02. The smallest absolute Gasteiger partial charge is 0.228 e. The number of hydrogen-bond acceptors (Lipinski definition) is 3. The molecule has 0 atom stereocenters. The fraction of sp³-hybridized carbons (Fsp3) is 0.529. The topological polar surface area (TPSA) is 37.7 Å². The number of halogens is 1. The molecule has 0 fully saturated rings. The van der Waals surface area contributed by atoms with E-state index in [2.05, 4.69) is 52.8 Å². The van der Waals surface area contributed by atoms with E-state index in [1.54, 1.807) is 0 Å². The number of ether oxygens (including phenoxy) is 1. The number of pyridine rings is 1. The van der Waals surface area contributed by atoms with Gasteiger partial charge in [-0.25, -0.2) is 9.98 Å². The molecule has 1 aromatic rings. The van der Waals surface area contributed by atoms with Gasteiger partial charge in [-0.05, 0) is 62.5 Å². The molecule has 0 aromatic carbocycles. The summed E-state index contributed by atoms with van der Waals surface area (Å²) in [7, 11) is 1.99. The molecule has 122 valence electrons. The van der Waals surface area contributed by atoms with Crippen molar-refractivity contribution in [3.05, 3.63) is 27.9 Å². The molecule has 0 aliphatic heterocycles. The van der Waals surface area contributed by atoms with Crippen LogP contribution in [-0.2, 0) is 0 Å². The highest BCUT2D eigenvalue weighted by Crippen LogP contribution is 2.29. The lowest BCUT2D eigenvalue weighted by molar-refractivity contribution is 0.296. The standard InChI is InChI=1S/C17H26BrN3O/c1-6-13(3)9-8-10-22-17-15(18)11-16(14(4)20-17)19-12-21(5)7-2/h6,11-12H,7-10H2,1-5H3/b13-6-,19-12?. The van der Waals surface area contributed by atoms with E-state index in [1.807, 2.05) is 31.3 Å². The van der Waals surface area contributed by atoms with Crippen molar-refractivity contribution in [1.29, 1.82) is 0 Å². The van der Waals surface area contributed by atoms with Crippen LogP contribution in [0.4, 0.5) is 5.69 Å². The van der Waals surface area contributed by atoms with Gasteiger partial charge in [-0.1, -0.05) is 11.6 Å². The molecule has 1 aromatic heterocycles. The zero-order valence-corrected chi connectivity index (χ0v) is 15.8. The maximum absolute atomic E-state index is 5.77. The largest absolute Gasteiger partial charge is 0.477 e. The van der Waals surface area contributed by atoms with E-state index >= 15 is 0 Å². The molecule has 0 bridgehead atoms. The van der Waals surface area contributed by atoms with Gasteiger partial charge in [-0.2, -0.15) is 0 Å². The lowest BCUT2D eigenvalue weighted by atomic mass is 10.2. The van der Waals surface area contributed by atoms with Crippen molar-refractivity contribution >= 4 is 28.0 Å². The fourth-order valence-corrected chi connectivity index (χ4v) is 2.11. The Morgan fingerprint density at radius 2 is 2.23 bits per heavy atom. The van der Waals surface area contributed by atoms with E-state index in [0.717, 1.165) is 35.2 Å². The minimum Gasteiger partial charge on any atom is -0.477 e. The van der Waals surface area contributed by atoms with Gasteiger partial charge in [0, 0.05) is 13.6 Å². The molecule has 5 heteroatoms. The number of hydrogen-bond donors (Lipinski definition) is 0. The first-order chi connectivity index (χ1) is 10.5. The minimum atomic E-state index is 0.637. The van der Waals surface area contributed by atoms with Gasteiger partial charge in [-0.3, -0.25) is 0 Å². The molecule has 0 amide bonds. The van der Waals surface area contributed by atoms with Crippen molar-refractivity contribution in [2.24, 2.45) is 4.99 Å². The van der Waals surface area contributed by atoms with Crippen molar-refractivity contribution in [2.75, 3.05) is 20.2 Å². The maximum Gasteiger partial charge on any atom is 0.228 e. The van der Waals surface area contributed by atoms with Crippen LogP contribution in [0.1, 0.15) is 39.3 Å². The molecule has 0 aliphatic rings. The van der Waals surface area contributed by atoms with Gasteiger partial charge < -0.3 is 9.64 Å². The molecular formula is C17H26BrN3O. The fourth-order valence-electron chi connectivity index (χ4n) is 1.69. The maximum atomic E-state index is 5.77. The van der Waals surface area contributed by atoms with Crippen molar-refractivity contribution in [2.45, 2.75) is 40.5 Å². The Morgan fingerprint density at radius 3 is 2.86 bits per heavy atom. The normalized spacial score (nSPS) is 12.0. The summed E-state index contributed by atoms with van der Waals surface area (Å²) in [5.41, 5.74) is 3.10. The first-order valence-electron chi connectivity index (χ1n) is 7.64. The molecule has 4 nitrogen and oxygen atoms in total. The van der Waals surface area contributed by atoms with Crippen LogP contribution >= 0.6 is 15.9 Å². The zero-order valence-electron chi connectivity index (χ0n) is 14.2. The highest BCUT2D eigenvalue weighted by molar-refractivity contribution is 9.10. The number of aryl methyl sites for hydroxylation is 1. The second-order valence-electron chi connectivity index (χ2n) is 5.28. The number of rotatable bonds is 8. The molecule has 1 rings (SSSR count). The summed E-state index contributed by atoms with van der Waals surface area (Å²) in [5, 5.41) is 0. The van der Waals surface area contributed by atoms with Crippen LogP contribution in [0, 0.1) is 6.92 Å². The van der Waals surface area contributed by atoms with Crippen molar-refractivity contribution in [3.63, 3.8) is 0 Å². The lowest BCUT2D eigenvalue weighted by Gasteiger charge is -2.11. The third kappa shape index (κ3) is 6.18. The van der Waals surface area contributed by atoms with Gasteiger partial charge in [0.05, 0.1) is 28.8 Å². The van der Waals surface area contributed by atoms with E-state index in [1.165, 1.54) is 5.57 Å². The van der Waals surface area contributed by atoms with Gasteiger partial charge in [0.1, 0.15) is 0 Å².